The average molecular weight is 399 g/mol. The Balaban J connectivity index is 2.03. The number of hydrogen-bond acceptors (Lipinski definition) is 8. The molecule has 136 valence electrons. The lowest BCUT2D eigenvalue weighted by molar-refractivity contribution is -0.385. The van der Waals surface area contributed by atoms with Crippen molar-refractivity contribution in [2.45, 2.75) is 0 Å². The number of rotatable bonds is 6. The molecule has 2 rings (SSSR count). The minimum atomic E-state index is -1.08. The molecule has 0 saturated carbocycles. The molecule has 0 fully saturated rings. The zero-order chi connectivity index (χ0) is 19.3. The lowest BCUT2D eigenvalue weighted by atomic mass is 10.2. The number of nitro benzene ring substituents is 1. The summed E-state index contributed by atoms with van der Waals surface area (Å²) in [4.78, 5) is 45.8. The number of hydrogen-bond donors (Lipinski definition) is 1. The second kappa shape index (κ2) is 8.41. The van der Waals surface area contributed by atoms with E-state index in [0.717, 1.165) is 23.5 Å². The molecule has 11 heteroatoms. The first-order valence-electron chi connectivity index (χ1n) is 6.90. The predicted octanol–water partition coefficient (Wildman–Crippen LogP) is 2.89. The number of carbonyl (C=O) groups is 3. The number of benzene rings is 1. The second-order valence-corrected chi connectivity index (χ2v) is 6.05. The normalized spacial score (nSPS) is 10.1. The Bertz CT molecular complexity index is 881. The monoisotopic (exact) mass is 398 g/mol. The largest absolute Gasteiger partial charge is 0.465 e. The average Bonchev–Trinajstić information content (AvgIpc) is 3.06. The standard InChI is InChI=1S/C15H11ClN2O7S/c1-24-15(21)13-10(4-5-26-13)17-12(19)7-25-14(20)9-6-8(16)2-3-11(9)18(22)23/h2-6H,7H2,1H3,(H,17,19). The van der Waals surface area contributed by atoms with Crippen LogP contribution < -0.4 is 5.32 Å². The van der Waals surface area contributed by atoms with E-state index in [2.05, 4.69) is 10.1 Å². The Morgan fingerprint density at radius 3 is 2.65 bits per heavy atom. The Hall–Kier alpha value is -2.98. The third-order valence-corrected chi connectivity index (χ3v) is 4.15. The van der Waals surface area contributed by atoms with Crippen LogP contribution >= 0.6 is 22.9 Å². The van der Waals surface area contributed by atoms with Crippen LogP contribution in [0.4, 0.5) is 11.4 Å². The number of nitrogens with one attached hydrogen (secondary N) is 1. The summed E-state index contributed by atoms with van der Waals surface area (Å²) in [6, 6.07) is 4.88. The molecular formula is C15H11ClN2O7S. The summed E-state index contributed by atoms with van der Waals surface area (Å²) in [5, 5.41) is 15.0. The number of esters is 2. The van der Waals surface area contributed by atoms with Gasteiger partial charge in [0.05, 0.1) is 17.7 Å². The molecule has 0 atom stereocenters. The van der Waals surface area contributed by atoms with Gasteiger partial charge in [-0.25, -0.2) is 9.59 Å². The van der Waals surface area contributed by atoms with Gasteiger partial charge in [0.25, 0.3) is 11.6 Å². The van der Waals surface area contributed by atoms with Crippen molar-refractivity contribution in [2.24, 2.45) is 0 Å². The second-order valence-electron chi connectivity index (χ2n) is 4.70. The molecule has 1 aromatic heterocycles. The van der Waals surface area contributed by atoms with Crippen LogP contribution in [0, 0.1) is 10.1 Å². The van der Waals surface area contributed by atoms with Crippen molar-refractivity contribution >= 4 is 52.2 Å². The Labute approximate surface area is 155 Å². The smallest absolute Gasteiger partial charge is 0.350 e. The molecule has 0 spiro atoms. The van der Waals surface area contributed by atoms with Crippen molar-refractivity contribution in [2.75, 3.05) is 19.0 Å². The number of ether oxygens (including phenoxy) is 2. The van der Waals surface area contributed by atoms with Gasteiger partial charge in [-0.3, -0.25) is 14.9 Å². The highest BCUT2D eigenvalue weighted by Gasteiger charge is 2.23. The highest BCUT2D eigenvalue weighted by Crippen LogP contribution is 2.24. The molecule has 0 aliphatic rings. The van der Waals surface area contributed by atoms with E-state index in [1.807, 2.05) is 0 Å². The maximum absolute atomic E-state index is 12.0. The number of nitrogens with zero attached hydrogens (tertiary/aromatic N) is 1. The van der Waals surface area contributed by atoms with Gasteiger partial charge >= 0.3 is 11.9 Å². The molecule has 1 aromatic carbocycles. The van der Waals surface area contributed by atoms with E-state index < -0.39 is 35.1 Å². The van der Waals surface area contributed by atoms with Gasteiger partial charge in [-0.1, -0.05) is 11.6 Å². The zero-order valence-corrected chi connectivity index (χ0v) is 14.8. The van der Waals surface area contributed by atoms with E-state index in [-0.39, 0.29) is 21.2 Å². The first-order valence-corrected chi connectivity index (χ1v) is 8.16. The zero-order valence-electron chi connectivity index (χ0n) is 13.2. The molecule has 0 aliphatic heterocycles. The van der Waals surface area contributed by atoms with Crippen LogP contribution in [0.1, 0.15) is 20.0 Å². The van der Waals surface area contributed by atoms with Crippen molar-refractivity contribution in [1.82, 2.24) is 0 Å². The maximum Gasteiger partial charge on any atom is 0.350 e. The van der Waals surface area contributed by atoms with Crippen LogP contribution in [0.25, 0.3) is 0 Å². The number of thiophene rings is 1. The summed E-state index contributed by atoms with van der Waals surface area (Å²) in [7, 11) is 1.20. The third kappa shape index (κ3) is 4.55. The molecule has 0 saturated heterocycles. The van der Waals surface area contributed by atoms with Crippen LogP contribution in [-0.4, -0.2) is 36.5 Å². The molecule has 1 amide bonds. The van der Waals surface area contributed by atoms with E-state index in [9.17, 15) is 24.5 Å². The van der Waals surface area contributed by atoms with Gasteiger partial charge in [-0.15, -0.1) is 11.3 Å². The Morgan fingerprint density at radius 1 is 1.27 bits per heavy atom. The lowest BCUT2D eigenvalue weighted by Crippen LogP contribution is -2.22. The van der Waals surface area contributed by atoms with E-state index in [1.165, 1.54) is 19.2 Å². The molecule has 1 N–H and O–H groups in total. The molecule has 1 heterocycles. The van der Waals surface area contributed by atoms with Crippen LogP contribution in [-0.2, 0) is 14.3 Å². The number of anilines is 1. The highest BCUT2D eigenvalue weighted by molar-refractivity contribution is 7.12. The number of halogens is 1. The van der Waals surface area contributed by atoms with E-state index >= 15 is 0 Å². The van der Waals surface area contributed by atoms with E-state index in [1.54, 1.807) is 5.38 Å². The SMILES string of the molecule is COC(=O)c1sccc1NC(=O)COC(=O)c1cc(Cl)ccc1[N+](=O)[O-]. The molecule has 0 aliphatic carbocycles. The van der Waals surface area contributed by atoms with Gasteiger partial charge in [-0.05, 0) is 23.6 Å². The van der Waals surface area contributed by atoms with Crippen LogP contribution in [0.3, 0.4) is 0 Å². The number of methoxy groups -OCH3 is 1. The van der Waals surface area contributed by atoms with E-state index in [0.29, 0.717) is 0 Å². The quantitative estimate of drug-likeness (QED) is 0.450. The fourth-order valence-corrected chi connectivity index (χ4v) is 2.82. The van der Waals surface area contributed by atoms with Crippen molar-refractivity contribution in [3.05, 3.63) is 55.2 Å². The van der Waals surface area contributed by atoms with Crippen LogP contribution in [0.2, 0.25) is 5.02 Å². The Kier molecular flexibility index (Phi) is 6.26. The summed E-state index contributed by atoms with van der Waals surface area (Å²) < 4.78 is 9.36. The Morgan fingerprint density at radius 2 is 2.00 bits per heavy atom. The topological polar surface area (TPSA) is 125 Å². The summed E-state index contributed by atoms with van der Waals surface area (Å²) in [5.74, 6) is -2.43. The van der Waals surface area contributed by atoms with Gasteiger partial charge in [0, 0.05) is 11.1 Å². The number of nitro groups is 1. The fraction of sp³-hybridized carbons (Fsp3) is 0.133. The fourth-order valence-electron chi connectivity index (χ4n) is 1.88. The summed E-state index contributed by atoms with van der Waals surface area (Å²) in [5.41, 5.74) is -0.664. The lowest BCUT2D eigenvalue weighted by Gasteiger charge is -2.07. The summed E-state index contributed by atoms with van der Waals surface area (Å²) >= 11 is 6.80. The van der Waals surface area contributed by atoms with Gasteiger partial charge in [0.2, 0.25) is 0 Å². The summed E-state index contributed by atoms with van der Waals surface area (Å²) in [6.07, 6.45) is 0. The van der Waals surface area contributed by atoms with Gasteiger partial charge < -0.3 is 14.8 Å². The predicted molar refractivity (Wildman–Crippen MR) is 92.7 cm³/mol. The number of amides is 1. The molecule has 0 radical (unpaired) electrons. The van der Waals surface area contributed by atoms with Crippen molar-refractivity contribution < 1.29 is 28.8 Å². The first kappa shape index (κ1) is 19.3. The molecule has 0 bridgehead atoms. The minimum absolute atomic E-state index is 0.105. The van der Waals surface area contributed by atoms with Crippen molar-refractivity contribution in [3.8, 4) is 0 Å². The van der Waals surface area contributed by atoms with Crippen LogP contribution in [0.15, 0.2) is 29.6 Å². The first-order chi connectivity index (χ1) is 12.3. The van der Waals surface area contributed by atoms with Gasteiger partial charge in [-0.2, -0.15) is 0 Å². The van der Waals surface area contributed by atoms with Crippen LogP contribution in [0.5, 0.6) is 0 Å². The number of carbonyl (C=O) groups excluding carboxylic acids is 3. The molecule has 9 nitrogen and oxygen atoms in total. The van der Waals surface area contributed by atoms with Gasteiger partial charge in [0.15, 0.2) is 6.61 Å². The molecule has 0 unspecified atom stereocenters. The van der Waals surface area contributed by atoms with Gasteiger partial charge in [0.1, 0.15) is 10.4 Å². The third-order valence-electron chi connectivity index (χ3n) is 3.02. The molecule has 2 aromatic rings. The van der Waals surface area contributed by atoms with Crippen molar-refractivity contribution in [3.63, 3.8) is 0 Å². The molecule has 26 heavy (non-hydrogen) atoms. The van der Waals surface area contributed by atoms with Crippen molar-refractivity contribution in [1.29, 1.82) is 0 Å². The maximum atomic E-state index is 12.0. The summed E-state index contributed by atoms with van der Waals surface area (Å²) in [6.45, 7) is -0.709. The minimum Gasteiger partial charge on any atom is -0.465 e. The highest BCUT2D eigenvalue weighted by atomic mass is 35.5. The molecular weight excluding hydrogens is 388 g/mol. The van der Waals surface area contributed by atoms with E-state index in [4.69, 9.17) is 16.3 Å².